The van der Waals surface area contributed by atoms with Gasteiger partial charge in [0.05, 0.1) is 24.6 Å². The van der Waals surface area contributed by atoms with Crippen molar-refractivity contribution in [3.63, 3.8) is 0 Å². The molecule has 9 aromatic rings. The van der Waals surface area contributed by atoms with Gasteiger partial charge in [0.25, 0.3) is 0 Å². The van der Waals surface area contributed by atoms with Gasteiger partial charge in [-0.2, -0.15) is 0 Å². The third-order valence-electron chi connectivity index (χ3n) is 13.3. The van der Waals surface area contributed by atoms with Crippen LogP contribution in [0, 0.1) is 6.92 Å². The highest BCUT2D eigenvalue weighted by Crippen LogP contribution is 2.46. The molecule has 0 radical (unpaired) electrons. The topological polar surface area (TPSA) is 24.9 Å². The Morgan fingerprint density at radius 3 is 1.37 bits per heavy atom. The number of allylic oxidation sites excluding steroid dienone is 1. The Hall–Kier alpha value is -7.56. The summed E-state index contributed by atoms with van der Waals surface area (Å²) in [6, 6.07) is 65.9. The summed E-state index contributed by atoms with van der Waals surface area (Å²) in [6.45, 7) is 10.1. The van der Waals surface area contributed by atoms with E-state index in [1.165, 1.54) is 53.6 Å². The number of hydrogen-bond donors (Lipinski definition) is 0. The fourth-order valence-corrected chi connectivity index (χ4v) is 9.63. The smallest absolute Gasteiger partial charge is 0.134 e. The zero-order chi connectivity index (χ0) is 48.1. The summed E-state index contributed by atoms with van der Waals surface area (Å²) in [5.41, 5.74) is 10.7. The lowest BCUT2D eigenvalue weighted by atomic mass is 9.98. The molecule has 4 heteroatoms. The van der Waals surface area contributed by atoms with Crippen LogP contribution < -0.4 is 19.3 Å². The van der Waals surface area contributed by atoms with E-state index in [4.69, 9.17) is 9.47 Å². The van der Waals surface area contributed by atoms with Crippen molar-refractivity contribution in [2.75, 3.05) is 23.0 Å². The number of rotatable bonds is 21. The third-order valence-corrected chi connectivity index (χ3v) is 13.3. The molecule has 0 atom stereocenters. The van der Waals surface area contributed by atoms with Crippen LogP contribution in [-0.4, -0.2) is 13.2 Å². The Kier molecular flexibility index (Phi) is 15.7. The van der Waals surface area contributed by atoms with Gasteiger partial charge in [0.15, 0.2) is 0 Å². The fourth-order valence-electron chi connectivity index (χ4n) is 9.63. The molecule has 4 nitrogen and oxygen atoms in total. The molecular weight excluding hydrogens is 853 g/mol. The third kappa shape index (κ3) is 10.8. The van der Waals surface area contributed by atoms with Gasteiger partial charge in [-0.1, -0.05) is 192 Å². The molecule has 0 N–H and O–H groups in total. The number of hydrogen-bond acceptors (Lipinski definition) is 4. The summed E-state index contributed by atoms with van der Waals surface area (Å²) in [7, 11) is 0. The van der Waals surface area contributed by atoms with Crippen molar-refractivity contribution in [3.8, 4) is 11.5 Å². The van der Waals surface area contributed by atoms with Gasteiger partial charge in [-0.3, -0.25) is 0 Å². The average Bonchev–Trinajstić information content (AvgIpc) is 3.40. The summed E-state index contributed by atoms with van der Waals surface area (Å²) in [5.74, 6) is 1.85. The second-order valence-electron chi connectivity index (χ2n) is 18.3. The largest absolute Gasteiger partial charge is 0.493 e. The highest BCUT2D eigenvalue weighted by Gasteiger charge is 2.23. The lowest BCUT2D eigenvalue weighted by molar-refractivity contribution is 0.304. The van der Waals surface area contributed by atoms with Crippen LogP contribution in [0.15, 0.2) is 188 Å². The number of ether oxygens (including phenoxy) is 2. The maximum absolute atomic E-state index is 6.92. The van der Waals surface area contributed by atoms with E-state index in [1.807, 2.05) is 0 Å². The number of nitrogens with zero attached hydrogens (tertiary/aromatic N) is 2. The molecule has 0 fully saturated rings. The van der Waals surface area contributed by atoms with Crippen LogP contribution in [0.3, 0.4) is 0 Å². The molecule has 0 saturated heterocycles. The summed E-state index contributed by atoms with van der Waals surface area (Å²) >= 11 is 0. The Bertz CT molecular complexity index is 3230. The predicted octanol–water partition coefficient (Wildman–Crippen LogP) is 19.5. The number of aryl methyl sites for hydroxylation is 1. The first kappa shape index (κ1) is 47.5. The zero-order valence-corrected chi connectivity index (χ0v) is 41.4. The summed E-state index contributed by atoms with van der Waals surface area (Å²) in [6.07, 6.45) is 18.1. The van der Waals surface area contributed by atoms with Crippen molar-refractivity contribution in [2.24, 2.45) is 0 Å². The van der Waals surface area contributed by atoms with Gasteiger partial charge in [-0.25, -0.2) is 0 Å². The van der Waals surface area contributed by atoms with Crippen molar-refractivity contribution in [3.05, 3.63) is 210 Å². The Morgan fingerprint density at radius 2 is 0.843 bits per heavy atom. The minimum absolute atomic E-state index is 0.649. The molecule has 0 unspecified atom stereocenters. The minimum Gasteiger partial charge on any atom is -0.493 e. The lowest BCUT2D eigenvalue weighted by Crippen LogP contribution is -2.15. The SMILES string of the molecule is C/C=C/c1cc(N(c2ccccc2)c2ccc3ccccc3c2)c(/C=C/c2ccc3c(OCCCCCC)c(C)ccc3c2OCCCCCC)cc1N(c1ccccc1)c1ccc2ccccc2c1. The van der Waals surface area contributed by atoms with Crippen LogP contribution in [0.25, 0.3) is 50.5 Å². The van der Waals surface area contributed by atoms with E-state index in [9.17, 15) is 0 Å². The molecule has 0 aliphatic heterocycles. The number of benzene rings is 9. The normalized spacial score (nSPS) is 11.6. The first-order valence-electron chi connectivity index (χ1n) is 25.5. The van der Waals surface area contributed by atoms with E-state index in [1.54, 1.807) is 0 Å². The molecule has 0 bridgehead atoms. The number of anilines is 6. The quantitative estimate of drug-likeness (QED) is 0.0530. The summed E-state index contributed by atoms with van der Waals surface area (Å²) < 4.78 is 13.5. The van der Waals surface area contributed by atoms with Gasteiger partial charge < -0.3 is 19.3 Å². The molecule has 0 saturated carbocycles. The Labute approximate surface area is 416 Å². The van der Waals surface area contributed by atoms with Crippen LogP contribution in [0.2, 0.25) is 0 Å². The van der Waals surface area contributed by atoms with Gasteiger partial charge in [-0.05, 0) is 121 Å². The first-order valence-corrected chi connectivity index (χ1v) is 25.5. The minimum atomic E-state index is 0.649. The fraction of sp³-hybridized carbons (Fsp3) is 0.212. The second-order valence-corrected chi connectivity index (χ2v) is 18.3. The molecule has 0 aliphatic carbocycles. The van der Waals surface area contributed by atoms with E-state index in [0.717, 1.165) is 97.9 Å². The van der Waals surface area contributed by atoms with Crippen LogP contribution in [0.4, 0.5) is 34.1 Å². The van der Waals surface area contributed by atoms with Crippen LogP contribution in [0.1, 0.15) is 94.4 Å². The van der Waals surface area contributed by atoms with Crippen molar-refractivity contribution in [2.45, 2.75) is 79.1 Å². The molecule has 0 aliphatic rings. The Morgan fingerprint density at radius 1 is 0.386 bits per heavy atom. The number of fused-ring (bicyclic) bond motifs is 3. The van der Waals surface area contributed by atoms with Gasteiger partial charge in [-0.15, -0.1) is 0 Å². The van der Waals surface area contributed by atoms with E-state index in [-0.39, 0.29) is 0 Å². The molecule has 0 heterocycles. The molecule has 0 spiro atoms. The molecule has 9 aromatic carbocycles. The van der Waals surface area contributed by atoms with Crippen molar-refractivity contribution in [1.82, 2.24) is 0 Å². The van der Waals surface area contributed by atoms with Crippen molar-refractivity contribution in [1.29, 1.82) is 0 Å². The number of para-hydroxylation sites is 2. The predicted molar refractivity (Wildman–Crippen MR) is 302 cm³/mol. The highest BCUT2D eigenvalue weighted by atomic mass is 16.5. The maximum atomic E-state index is 6.92. The van der Waals surface area contributed by atoms with Crippen LogP contribution >= 0.6 is 0 Å². The molecule has 0 amide bonds. The van der Waals surface area contributed by atoms with Crippen LogP contribution in [-0.2, 0) is 0 Å². The van der Waals surface area contributed by atoms with E-state index in [0.29, 0.717) is 13.2 Å². The Balaban J connectivity index is 1.27. The monoisotopic (exact) mass is 919 g/mol. The van der Waals surface area contributed by atoms with Gasteiger partial charge in [0.2, 0.25) is 0 Å². The van der Waals surface area contributed by atoms with Crippen molar-refractivity contribution < 1.29 is 9.47 Å². The average molecular weight is 919 g/mol. The molecule has 0 aromatic heterocycles. The lowest BCUT2D eigenvalue weighted by Gasteiger charge is -2.32. The highest BCUT2D eigenvalue weighted by molar-refractivity contribution is 6.00. The summed E-state index contributed by atoms with van der Waals surface area (Å²) in [4.78, 5) is 4.81. The van der Waals surface area contributed by atoms with E-state index >= 15 is 0 Å². The molecule has 352 valence electrons. The standard InChI is InChI=1S/C66H66N2O2/c1-5-8-10-22-43-69-65-49(4)33-41-62-61(65)42-38-52(66(62)70-44-23-11-9-6-2)34-35-56-48-63(67(57-29-14-12-15-30-57)59-39-36-50-25-18-20-27-53(50)45-59)55(24-7-3)47-64(56)68(58-31-16-13-17-32-58)60-40-37-51-26-19-21-28-54(51)46-60/h7,12-21,24-42,45-48H,5-6,8-11,22-23,43-44H2,1-4H3/b24-7+,35-34+. The molecular formula is C66H66N2O2. The zero-order valence-electron chi connectivity index (χ0n) is 41.4. The van der Waals surface area contributed by atoms with Crippen molar-refractivity contribution >= 4 is 84.7 Å². The number of unbranched alkanes of at least 4 members (excludes halogenated alkanes) is 6. The maximum Gasteiger partial charge on any atom is 0.134 e. The van der Waals surface area contributed by atoms with Crippen LogP contribution in [0.5, 0.6) is 11.5 Å². The first-order chi connectivity index (χ1) is 34.5. The van der Waals surface area contributed by atoms with Gasteiger partial charge >= 0.3 is 0 Å². The second kappa shape index (κ2) is 23.2. The summed E-state index contributed by atoms with van der Waals surface area (Å²) in [5, 5.41) is 6.96. The molecule has 9 rings (SSSR count). The van der Waals surface area contributed by atoms with Gasteiger partial charge in [0.1, 0.15) is 11.5 Å². The molecule has 70 heavy (non-hydrogen) atoms. The van der Waals surface area contributed by atoms with E-state index in [2.05, 4.69) is 244 Å². The van der Waals surface area contributed by atoms with Gasteiger partial charge in [0, 0.05) is 50.2 Å². The van der Waals surface area contributed by atoms with E-state index < -0.39 is 0 Å².